The van der Waals surface area contributed by atoms with Crippen LogP contribution in [0.15, 0.2) is 0 Å². The zero-order chi connectivity index (χ0) is 31.6. The maximum atomic E-state index is 11.8. The van der Waals surface area contributed by atoms with Crippen LogP contribution in [0, 0.1) is 5.92 Å². The molecule has 0 spiro atoms. The first-order valence-electron chi connectivity index (χ1n) is 15.1. The Morgan fingerprint density at radius 2 is 0.634 bits per heavy atom. The summed E-state index contributed by atoms with van der Waals surface area (Å²) in [6, 6.07) is 0. The molecule has 1 aliphatic heterocycles. The number of ether oxygens (including phenoxy) is 5. The van der Waals surface area contributed by atoms with Crippen molar-refractivity contribution in [1.82, 2.24) is 14.7 Å². The van der Waals surface area contributed by atoms with Gasteiger partial charge in [-0.15, -0.1) is 0 Å². The zero-order valence-electron chi connectivity index (χ0n) is 28.1. The molecule has 1 rings (SSSR count). The van der Waals surface area contributed by atoms with Gasteiger partial charge in [-0.25, -0.2) is 0 Å². The molecule has 11 nitrogen and oxygen atoms in total. The Bertz CT molecular complexity index is 668. The van der Waals surface area contributed by atoms with Gasteiger partial charge in [-0.1, -0.05) is 13.8 Å². The first-order chi connectivity index (χ1) is 19.1. The Kier molecular flexibility index (Phi) is 16.1. The van der Waals surface area contributed by atoms with Gasteiger partial charge < -0.3 is 39.0 Å². The molecule has 0 amide bonds. The van der Waals surface area contributed by atoms with Crippen LogP contribution in [-0.4, -0.2) is 172 Å². The number of aliphatic hydroxyl groups is 3. The second-order valence-electron chi connectivity index (χ2n) is 12.3. The average Bonchev–Trinajstić information content (AvgIpc) is 3.05. The van der Waals surface area contributed by atoms with Crippen LogP contribution < -0.4 is 0 Å². The Labute approximate surface area is 250 Å². The van der Waals surface area contributed by atoms with Crippen molar-refractivity contribution >= 4 is 0 Å². The lowest BCUT2D eigenvalue weighted by Crippen LogP contribution is -2.60. The van der Waals surface area contributed by atoms with Crippen molar-refractivity contribution in [3.8, 4) is 0 Å². The summed E-state index contributed by atoms with van der Waals surface area (Å²) in [5.74, 6) is -0.0253. The van der Waals surface area contributed by atoms with Crippen molar-refractivity contribution < 1.29 is 39.0 Å². The van der Waals surface area contributed by atoms with Crippen molar-refractivity contribution in [3.63, 3.8) is 0 Å². The molecule has 246 valence electrons. The molecular weight excluding hydrogens is 530 g/mol. The summed E-state index contributed by atoms with van der Waals surface area (Å²) >= 11 is 0. The van der Waals surface area contributed by atoms with Crippen LogP contribution in [0.25, 0.3) is 0 Å². The van der Waals surface area contributed by atoms with Crippen molar-refractivity contribution in [3.05, 3.63) is 0 Å². The normalized spacial score (nSPS) is 25.2. The molecule has 0 aromatic rings. The third-order valence-corrected chi connectivity index (χ3v) is 9.92. The van der Waals surface area contributed by atoms with E-state index in [0.717, 1.165) is 0 Å². The van der Waals surface area contributed by atoms with E-state index in [1.807, 2.05) is 48.5 Å². The third kappa shape index (κ3) is 9.78. The number of hydrogen-bond acceptors (Lipinski definition) is 11. The fourth-order valence-corrected chi connectivity index (χ4v) is 5.71. The molecule has 6 atom stereocenters. The lowest BCUT2D eigenvalue weighted by Gasteiger charge is -2.42. The Morgan fingerprint density at radius 1 is 0.439 bits per heavy atom. The molecule has 3 N–H and O–H groups in total. The van der Waals surface area contributed by atoms with Gasteiger partial charge in [0.15, 0.2) is 0 Å². The lowest BCUT2D eigenvalue weighted by atomic mass is 9.84. The first-order valence-corrected chi connectivity index (χ1v) is 15.1. The summed E-state index contributed by atoms with van der Waals surface area (Å²) < 4.78 is 28.0. The molecule has 41 heavy (non-hydrogen) atoms. The Balaban J connectivity index is 3.41. The van der Waals surface area contributed by atoms with Crippen LogP contribution in [-0.2, 0) is 23.7 Å². The maximum Gasteiger partial charge on any atom is 0.129 e. The van der Waals surface area contributed by atoms with E-state index >= 15 is 0 Å². The molecular formula is C30H63N3O8. The molecule has 0 radical (unpaired) electrons. The highest BCUT2D eigenvalue weighted by molar-refractivity contribution is 4.97. The van der Waals surface area contributed by atoms with Gasteiger partial charge in [0.25, 0.3) is 0 Å². The summed E-state index contributed by atoms with van der Waals surface area (Å²) in [4.78, 5) is 6.71. The second-order valence-corrected chi connectivity index (χ2v) is 12.3. The molecule has 0 saturated carbocycles. The molecule has 1 heterocycles. The van der Waals surface area contributed by atoms with E-state index in [1.165, 1.54) is 0 Å². The van der Waals surface area contributed by atoms with E-state index in [-0.39, 0.29) is 12.0 Å². The van der Waals surface area contributed by atoms with Gasteiger partial charge in [-0.3, -0.25) is 14.7 Å². The van der Waals surface area contributed by atoms with Gasteiger partial charge in [0, 0.05) is 94.5 Å². The second kappa shape index (κ2) is 17.2. The average molecular weight is 594 g/mol. The number of β-amino-alcohol motifs (C(OH)–C–C–N with tert-alkyl or cyclic N) is 3. The molecule has 0 aliphatic carbocycles. The minimum absolute atomic E-state index is 0.0253. The van der Waals surface area contributed by atoms with E-state index in [1.54, 1.807) is 35.5 Å². The summed E-state index contributed by atoms with van der Waals surface area (Å²) in [5.41, 5.74) is -3.54. The van der Waals surface area contributed by atoms with E-state index in [0.29, 0.717) is 58.9 Å². The molecule has 1 fully saturated rings. The molecule has 11 heteroatoms. The van der Waals surface area contributed by atoms with Gasteiger partial charge in [-0.2, -0.15) is 0 Å². The van der Waals surface area contributed by atoms with Crippen LogP contribution in [0.1, 0.15) is 48.5 Å². The standard InChI is InChI=1S/C30H63N3O8/c1-22(2)28(34,23(3)37-8)19-31-13-15-32(20-29(35,24(4)38-9)25(5)39-10)17-18-33(16-14-31)21-30(36,26(6)40-11)27(7)41-12/h22-27,34-36H,13-21H2,1-12H3. The molecule has 6 unspecified atom stereocenters. The maximum absolute atomic E-state index is 11.8. The summed E-state index contributed by atoms with van der Waals surface area (Å²) in [5, 5.41) is 35.3. The quantitative estimate of drug-likeness (QED) is 0.224. The summed E-state index contributed by atoms with van der Waals surface area (Å²) in [6.07, 6.45) is -2.18. The van der Waals surface area contributed by atoms with Crippen LogP contribution >= 0.6 is 0 Å². The number of rotatable bonds is 17. The fraction of sp³-hybridized carbons (Fsp3) is 1.00. The first kappa shape index (κ1) is 38.6. The Hall–Kier alpha value is -0.440. The summed E-state index contributed by atoms with van der Waals surface area (Å²) in [7, 11) is 8.01. The molecule has 1 saturated heterocycles. The van der Waals surface area contributed by atoms with Crippen molar-refractivity contribution in [2.45, 2.75) is 95.8 Å². The van der Waals surface area contributed by atoms with Gasteiger partial charge in [0.05, 0.1) is 30.5 Å². The largest absolute Gasteiger partial charge is 0.386 e. The third-order valence-electron chi connectivity index (χ3n) is 9.92. The number of methoxy groups -OCH3 is 5. The van der Waals surface area contributed by atoms with Crippen LogP contribution in [0.5, 0.6) is 0 Å². The van der Waals surface area contributed by atoms with E-state index in [2.05, 4.69) is 14.7 Å². The predicted molar refractivity (Wildman–Crippen MR) is 161 cm³/mol. The molecule has 0 aromatic carbocycles. The number of hydrogen-bond donors (Lipinski definition) is 3. The van der Waals surface area contributed by atoms with Crippen LogP contribution in [0.3, 0.4) is 0 Å². The van der Waals surface area contributed by atoms with Gasteiger partial charge in [0.1, 0.15) is 16.8 Å². The predicted octanol–water partition coefficient (Wildman–Crippen LogP) is 0.930. The molecule has 0 aromatic heterocycles. The van der Waals surface area contributed by atoms with Crippen LogP contribution in [0.2, 0.25) is 0 Å². The van der Waals surface area contributed by atoms with Crippen molar-refractivity contribution in [2.24, 2.45) is 5.92 Å². The zero-order valence-corrected chi connectivity index (χ0v) is 28.1. The monoisotopic (exact) mass is 593 g/mol. The highest BCUT2D eigenvalue weighted by Gasteiger charge is 2.45. The van der Waals surface area contributed by atoms with Crippen molar-refractivity contribution in [1.29, 1.82) is 0 Å². The number of nitrogens with zero attached hydrogens (tertiary/aromatic N) is 3. The highest BCUT2D eigenvalue weighted by atomic mass is 16.5. The van der Waals surface area contributed by atoms with Gasteiger partial charge >= 0.3 is 0 Å². The fourth-order valence-electron chi connectivity index (χ4n) is 5.71. The van der Waals surface area contributed by atoms with Gasteiger partial charge in [0.2, 0.25) is 0 Å². The molecule has 1 aliphatic rings. The van der Waals surface area contributed by atoms with Gasteiger partial charge in [-0.05, 0) is 40.5 Å². The minimum atomic E-state index is -1.24. The van der Waals surface area contributed by atoms with E-state index < -0.39 is 41.2 Å². The van der Waals surface area contributed by atoms with E-state index in [4.69, 9.17) is 23.7 Å². The Morgan fingerprint density at radius 3 is 0.829 bits per heavy atom. The molecule has 0 bridgehead atoms. The topological polar surface area (TPSA) is 117 Å². The lowest BCUT2D eigenvalue weighted by molar-refractivity contribution is -0.169. The van der Waals surface area contributed by atoms with Crippen LogP contribution in [0.4, 0.5) is 0 Å². The summed E-state index contributed by atoms with van der Waals surface area (Å²) in [6.45, 7) is 18.5. The van der Waals surface area contributed by atoms with Crippen molar-refractivity contribution in [2.75, 3.05) is 94.5 Å². The smallest absolute Gasteiger partial charge is 0.129 e. The minimum Gasteiger partial charge on any atom is -0.386 e. The van der Waals surface area contributed by atoms with E-state index in [9.17, 15) is 15.3 Å². The highest BCUT2D eigenvalue weighted by Crippen LogP contribution is 2.27. The SMILES string of the molecule is COC(C)C(O)(CN1CCN(CC(O)(C(C)OC)C(C)OC)CCN(CC(O)(C(C)OC)C(C)OC)CC1)C(C)C.